The zero-order chi connectivity index (χ0) is 53.7. The van der Waals surface area contributed by atoms with Gasteiger partial charge < -0.3 is 19.0 Å². The molecule has 8 rings (SSSR count). The van der Waals surface area contributed by atoms with E-state index < -0.39 is 51.4 Å². The van der Waals surface area contributed by atoms with E-state index in [-0.39, 0.29) is 112 Å². The molecule has 5 aromatic rings. The predicted molar refractivity (Wildman–Crippen MR) is 294 cm³/mol. The molecule has 3 aromatic carbocycles. The Bertz CT molecular complexity index is 2880. The van der Waals surface area contributed by atoms with E-state index in [0.717, 1.165) is 18.5 Å². The van der Waals surface area contributed by atoms with E-state index in [4.69, 9.17) is 28.9 Å². The number of β-amino-alcohol motifs (C(OH)–C–C–N with tert-alkyl or cyclic N) is 1. The van der Waals surface area contributed by atoms with Gasteiger partial charge in [0.1, 0.15) is 50.2 Å². The number of hydrogen-bond acceptors (Lipinski definition) is 10. The fourth-order valence-electron chi connectivity index (χ4n) is 13.2. The maximum atomic E-state index is 18.5. The monoisotopic (exact) mass is 1050 g/mol. The molecule has 16 heteroatoms. The first-order valence-electron chi connectivity index (χ1n) is 26.8. The molecule has 0 spiro atoms. The molecule has 1 unspecified atom stereocenters. The Labute approximate surface area is 438 Å². The van der Waals surface area contributed by atoms with Crippen molar-refractivity contribution >= 4 is 50.0 Å². The number of aromatic nitrogens is 3. The summed E-state index contributed by atoms with van der Waals surface area (Å²) in [6.45, 7) is 29.1. The highest BCUT2D eigenvalue weighted by Gasteiger charge is 2.50. The molecule has 1 amide bonds. The number of benzene rings is 3. The average molecular weight is 1050 g/mol. The number of halogens is 3. The smallest absolute Gasteiger partial charge is 0.429 e. The summed E-state index contributed by atoms with van der Waals surface area (Å²) < 4.78 is 70.1. The zero-order valence-electron chi connectivity index (χ0n) is 45.8. The highest BCUT2D eigenvalue weighted by atomic mass is 28.4. The summed E-state index contributed by atoms with van der Waals surface area (Å²) >= 11 is 0. The lowest BCUT2D eigenvalue weighted by atomic mass is 9.95. The summed E-state index contributed by atoms with van der Waals surface area (Å²) in [5, 5.41) is 15.6. The van der Waals surface area contributed by atoms with Crippen LogP contribution in [0.1, 0.15) is 127 Å². The number of aliphatic hydroxyl groups is 1. The highest BCUT2D eigenvalue weighted by Crippen LogP contribution is 2.47. The molecule has 74 heavy (non-hydrogen) atoms. The summed E-state index contributed by atoms with van der Waals surface area (Å²) in [5.74, 6) is 2.59. The van der Waals surface area contributed by atoms with Crippen LogP contribution in [0, 0.1) is 23.1 Å². The third-order valence-electron chi connectivity index (χ3n) is 16.7. The summed E-state index contributed by atoms with van der Waals surface area (Å²) in [6, 6.07) is 15.9. The third kappa shape index (κ3) is 10.3. The minimum absolute atomic E-state index is 0.0125. The molecular formula is C58H77F3N6O5Si2. The van der Waals surface area contributed by atoms with Gasteiger partial charge in [-0.3, -0.25) is 14.9 Å². The molecule has 3 aliphatic heterocycles. The van der Waals surface area contributed by atoms with Gasteiger partial charge in [0, 0.05) is 36.7 Å². The molecule has 3 saturated heterocycles. The maximum Gasteiger partial charge on any atom is 0.429 e. The SMILES string of the molecule is CC(C)[Si](C#Cc1c(F)ccc2cc(O[Si](C(C)C)(C(C)C)C(C)C)cc(-c3ncc4c(N5CC(C)(O)CCN5C(=O)OCc5ccccc5)nc(OC[C@@]56CCCN5C[C@H](F)C6)nc4c3F)c12)(C(C)C)C(C)C. The second-order valence-corrected chi connectivity index (χ2v) is 34.4. The molecule has 3 fully saturated rings. The summed E-state index contributed by atoms with van der Waals surface area (Å²) in [4.78, 5) is 30.8. The summed E-state index contributed by atoms with van der Waals surface area (Å²) in [7, 11) is -5.01. The van der Waals surface area contributed by atoms with Crippen LogP contribution in [0.4, 0.5) is 23.8 Å². The fourth-order valence-corrected chi connectivity index (χ4v) is 23.6. The van der Waals surface area contributed by atoms with Crippen LogP contribution in [-0.4, -0.2) is 103 Å². The number of rotatable bonds is 15. The second-order valence-electron chi connectivity index (χ2n) is 23.4. The topological polar surface area (TPSA) is 113 Å². The van der Waals surface area contributed by atoms with Crippen molar-refractivity contribution in [1.29, 1.82) is 0 Å². The quantitative estimate of drug-likeness (QED) is 0.0803. The number of amides is 1. The Morgan fingerprint density at radius 2 is 1.55 bits per heavy atom. The Balaban J connectivity index is 1.37. The van der Waals surface area contributed by atoms with E-state index in [1.54, 1.807) is 19.1 Å². The van der Waals surface area contributed by atoms with Crippen molar-refractivity contribution in [2.75, 3.05) is 37.8 Å². The lowest BCUT2D eigenvalue weighted by molar-refractivity contribution is -0.000134. The number of fused-ring (bicyclic) bond motifs is 3. The first kappa shape index (κ1) is 55.0. The number of nitrogens with zero attached hydrogens (tertiary/aromatic N) is 6. The van der Waals surface area contributed by atoms with Crippen molar-refractivity contribution < 1.29 is 37.0 Å². The van der Waals surface area contributed by atoms with Crippen molar-refractivity contribution in [2.45, 2.75) is 173 Å². The number of hydrazine groups is 1. The van der Waals surface area contributed by atoms with Crippen molar-refractivity contribution in [1.82, 2.24) is 24.9 Å². The van der Waals surface area contributed by atoms with E-state index in [9.17, 15) is 9.90 Å². The van der Waals surface area contributed by atoms with Gasteiger partial charge in [0.15, 0.2) is 11.6 Å². The largest absolute Gasteiger partial charge is 0.543 e. The van der Waals surface area contributed by atoms with Crippen LogP contribution in [-0.2, 0) is 11.3 Å². The number of ether oxygens (including phenoxy) is 2. The minimum atomic E-state index is -2.60. The number of alkyl halides is 1. The van der Waals surface area contributed by atoms with Gasteiger partial charge in [-0.1, -0.05) is 125 Å². The lowest BCUT2D eigenvalue weighted by Crippen LogP contribution is -2.59. The van der Waals surface area contributed by atoms with Crippen LogP contribution in [0.2, 0.25) is 33.2 Å². The molecule has 2 aromatic heterocycles. The summed E-state index contributed by atoms with van der Waals surface area (Å²) in [5.41, 5.74) is 4.17. The molecule has 11 nitrogen and oxygen atoms in total. The molecule has 5 heterocycles. The molecule has 0 saturated carbocycles. The molecule has 398 valence electrons. The van der Waals surface area contributed by atoms with Crippen LogP contribution in [0.3, 0.4) is 0 Å². The van der Waals surface area contributed by atoms with Gasteiger partial charge in [-0.05, 0) is 95.1 Å². The van der Waals surface area contributed by atoms with Crippen LogP contribution in [0.15, 0.2) is 60.8 Å². The molecule has 3 aliphatic rings. The molecule has 1 N–H and O–H groups in total. The Morgan fingerprint density at radius 3 is 2.20 bits per heavy atom. The van der Waals surface area contributed by atoms with E-state index in [2.05, 4.69) is 99.4 Å². The lowest BCUT2D eigenvalue weighted by Gasteiger charge is -2.44. The van der Waals surface area contributed by atoms with Gasteiger partial charge in [0.25, 0.3) is 8.32 Å². The molecule has 3 atom stereocenters. The van der Waals surface area contributed by atoms with E-state index in [0.29, 0.717) is 29.5 Å². The normalized spacial score (nSPS) is 20.7. The van der Waals surface area contributed by atoms with Gasteiger partial charge >= 0.3 is 12.1 Å². The van der Waals surface area contributed by atoms with Gasteiger partial charge in [-0.25, -0.2) is 23.0 Å². The average Bonchev–Trinajstić information content (AvgIpc) is 3.87. The Kier molecular flexibility index (Phi) is 15.9. The summed E-state index contributed by atoms with van der Waals surface area (Å²) in [6.07, 6.45) is 1.82. The Morgan fingerprint density at radius 1 is 0.878 bits per heavy atom. The van der Waals surface area contributed by atoms with Gasteiger partial charge in [0.2, 0.25) is 0 Å². The maximum absolute atomic E-state index is 18.5. The van der Waals surface area contributed by atoms with E-state index in [1.807, 2.05) is 36.4 Å². The van der Waals surface area contributed by atoms with E-state index >= 15 is 13.2 Å². The predicted octanol–water partition coefficient (Wildman–Crippen LogP) is 13.7. The Hall–Kier alpha value is -5.22. The molecule has 0 radical (unpaired) electrons. The standard InChI is InChI=1S/C58H77F3N6O5Si2/c1-36(2)73(37(3)4,38(5)6)27-22-46-49(60)21-20-43-28-45(72-74(39(7)8,40(9)10)41(11)12)29-47(50(43)46)52-51(61)53-48(31-62-52)54(64-55(63-53)71-35-58-23-17-25-65(58)32-44(59)30-58)67-34-57(13,69)24-26-66(67)56(68)70-33-42-18-15-14-16-19-42/h14-16,18-21,28-29,31,36-41,44,69H,17,23-26,30,32-35H2,1-13H3/t44-,57?,58+/m1/s1. The number of carbonyl (C=O) groups excluding carboxylic acids is 1. The number of anilines is 1. The van der Waals surface area contributed by atoms with Crippen LogP contribution in [0.5, 0.6) is 11.8 Å². The van der Waals surface area contributed by atoms with Crippen molar-refractivity contribution in [3.63, 3.8) is 0 Å². The van der Waals surface area contributed by atoms with Gasteiger partial charge in [0.05, 0.1) is 28.6 Å². The van der Waals surface area contributed by atoms with Crippen LogP contribution >= 0.6 is 0 Å². The van der Waals surface area contributed by atoms with Crippen molar-refractivity contribution in [3.8, 4) is 34.5 Å². The molecule has 0 bridgehead atoms. The van der Waals surface area contributed by atoms with Crippen molar-refractivity contribution in [3.05, 3.63) is 83.6 Å². The van der Waals surface area contributed by atoms with Gasteiger partial charge in [-0.2, -0.15) is 9.97 Å². The van der Waals surface area contributed by atoms with Crippen molar-refractivity contribution in [2.24, 2.45) is 0 Å². The minimum Gasteiger partial charge on any atom is -0.543 e. The molecular weight excluding hydrogens is 974 g/mol. The number of carbonyl (C=O) groups is 1. The third-order valence-corrected chi connectivity index (χ3v) is 29.0. The van der Waals surface area contributed by atoms with Crippen LogP contribution in [0.25, 0.3) is 32.9 Å². The highest BCUT2D eigenvalue weighted by molar-refractivity contribution is 6.90. The number of pyridine rings is 1. The van der Waals surface area contributed by atoms with Gasteiger partial charge in [-0.15, -0.1) is 5.54 Å². The molecule has 0 aliphatic carbocycles. The first-order chi connectivity index (χ1) is 34.9. The fraction of sp³-hybridized carbons (Fsp3) is 0.552. The van der Waals surface area contributed by atoms with Crippen LogP contribution < -0.4 is 14.2 Å². The zero-order valence-corrected chi connectivity index (χ0v) is 47.8. The van der Waals surface area contributed by atoms with E-state index in [1.165, 1.54) is 22.3 Å². The second kappa shape index (κ2) is 21.4. The number of hydrogen-bond donors (Lipinski definition) is 1. The first-order valence-corrected chi connectivity index (χ1v) is 31.2.